The highest BCUT2D eigenvalue weighted by Crippen LogP contribution is 2.00. The fourth-order valence-corrected chi connectivity index (χ4v) is 1.51. The van der Waals surface area contributed by atoms with Crippen LogP contribution in [0.4, 0.5) is 0 Å². The molecule has 1 rings (SSSR count). The van der Waals surface area contributed by atoms with Gasteiger partial charge in [-0.25, -0.2) is 4.79 Å². The van der Waals surface area contributed by atoms with Crippen molar-refractivity contribution in [3.05, 3.63) is 32.6 Å². The molecule has 0 aliphatic carbocycles. The van der Waals surface area contributed by atoms with Gasteiger partial charge >= 0.3 is 5.69 Å². The van der Waals surface area contributed by atoms with Crippen LogP contribution in [-0.2, 0) is 20.6 Å². The Labute approximate surface area is 101 Å². The molecule has 1 N–H and O–H groups in total. The number of aromatic nitrogens is 2. The zero-order valence-electron chi connectivity index (χ0n) is 11.2. The maximum atomic E-state index is 11.8. The predicted octanol–water partition coefficient (Wildman–Crippen LogP) is 0.218. The zero-order chi connectivity index (χ0) is 13.2. The molecule has 96 valence electrons. The summed E-state index contributed by atoms with van der Waals surface area (Å²) in [7, 11) is 3.15. The highest BCUT2D eigenvalue weighted by molar-refractivity contribution is 5.05. The van der Waals surface area contributed by atoms with Crippen LogP contribution in [0.5, 0.6) is 0 Å². The van der Waals surface area contributed by atoms with E-state index in [0.717, 1.165) is 4.57 Å². The fourth-order valence-electron chi connectivity index (χ4n) is 1.51. The van der Waals surface area contributed by atoms with Crippen LogP contribution >= 0.6 is 0 Å². The third-order valence-electron chi connectivity index (χ3n) is 3.13. The first-order chi connectivity index (χ1) is 7.84. The van der Waals surface area contributed by atoms with Crippen molar-refractivity contribution >= 4 is 0 Å². The van der Waals surface area contributed by atoms with Crippen LogP contribution in [0.3, 0.4) is 0 Å². The highest BCUT2D eigenvalue weighted by Gasteiger charge is 2.10. The number of nitrogens with one attached hydrogen (secondary N) is 1. The standard InChI is InChI=1S/C12H21N3O2/c1-8(2)9(3)13-6-10-7-14(4)12(17)15(5)11(10)16/h7-9,13H,6H2,1-5H3. The Balaban J connectivity index is 2.94. The van der Waals surface area contributed by atoms with Gasteiger partial charge in [0.1, 0.15) is 0 Å². The molecule has 1 atom stereocenters. The second-order valence-corrected chi connectivity index (χ2v) is 4.83. The Bertz CT molecular complexity index is 499. The van der Waals surface area contributed by atoms with Gasteiger partial charge in [-0.3, -0.25) is 9.36 Å². The van der Waals surface area contributed by atoms with E-state index in [1.54, 1.807) is 13.2 Å². The molecule has 0 aliphatic heterocycles. The summed E-state index contributed by atoms with van der Waals surface area (Å²) in [6.45, 7) is 6.81. The molecule has 0 amide bonds. The van der Waals surface area contributed by atoms with Crippen molar-refractivity contribution in [1.82, 2.24) is 14.5 Å². The van der Waals surface area contributed by atoms with Crippen molar-refractivity contribution < 1.29 is 0 Å². The second kappa shape index (κ2) is 5.31. The molecule has 1 aromatic heterocycles. The lowest BCUT2D eigenvalue weighted by Gasteiger charge is -2.17. The van der Waals surface area contributed by atoms with Crippen LogP contribution in [0.2, 0.25) is 0 Å². The Morgan fingerprint density at radius 3 is 2.35 bits per heavy atom. The van der Waals surface area contributed by atoms with E-state index in [4.69, 9.17) is 0 Å². The SMILES string of the molecule is CC(C)C(C)NCc1cn(C)c(=O)n(C)c1=O. The Kier molecular flexibility index (Phi) is 4.28. The lowest BCUT2D eigenvalue weighted by molar-refractivity contribution is 0.423. The number of rotatable bonds is 4. The molecule has 0 radical (unpaired) electrons. The van der Waals surface area contributed by atoms with E-state index in [1.807, 2.05) is 0 Å². The lowest BCUT2D eigenvalue weighted by atomic mass is 10.1. The van der Waals surface area contributed by atoms with E-state index in [1.165, 1.54) is 11.6 Å². The van der Waals surface area contributed by atoms with Crippen molar-refractivity contribution in [2.75, 3.05) is 0 Å². The van der Waals surface area contributed by atoms with Gasteiger partial charge in [-0.1, -0.05) is 13.8 Å². The van der Waals surface area contributed by atoms with Gasteiger partial charge in [-0.15, -0.1) is 0 Å². The van der Waals surface area contributed by atoms with Crippen LogP contribution in [0, 0.1) is 5.92 Å². The maximum absolute atomic E-state index is 11.8. The molecule has 0 saturated heterocycles. The number of nitrogens with zero attached hydrogens (tertiary/aromatic N) is 2. The molecular weight excluding hydrogens is 218 g/mol. The second-order valence-electron chi connectivity index (χ2n) is 4.83. The van der Waals surface area contributed by atoms with E-state index in [-0.39, 0.29) is 11.2 Å². The lowest BCUT2D eigenvalue weighted by Crippen LogP contribution is -2.40. The van der Waals surface area contributed by atoms with Crippen molar-refractivity contribution in [2.45, 2.75) is 33.4 Å². The quantitative estimate of drug-likeness (QED) is 0.817. The van der Waals surface area contributed by atoms with Gasteiger partial charge in [0.2, 0.25) is 0 Å². The minimum absolute atomic E-state index is 0.225. The molecular formula is C12H21N3O2. The summed E-state index contributed by atoms with van der Waals surface area (Å²) >= 11 is 0. The third kappa shape index (κ3) is 3.06. The molecule has 0 fully saturated rings. The minimum atomic E-state index is -0.296. The summed E-state index contributed by atoms with van der Waals surface area (Å²) in [5.41, 5.74) is 0.0920. The Morgan fingerprint density at radius 2 is 1.82 bits per heavy atom. The van der Waals surface area contributed by atoms with Gasteiger partial charge in [-0.2, -0.15) is 0 Å². The maximum Gasteiger partial charge on any atom is 0.330 e. The molecule has 0 aromatic carbocycles. The van der Waals surface area contributed by atoms with Gasteiger partial charge in [0.05, 0.1) is 0 Å². The molecule has 1 unspecified atom stereocenters. The minimum Gasteiger partial charge on any atom is -0.310 e. The van der Waals surface area contributed by atoms with Crippen LogP contribution < -0.4 is 16.6 Å². The normalized spacial score (nSPS) is 13.1. The molecule has 0 bridgehead atoms. The summed E-state index contributed by atoms with van der Waals surface area (Å²) < 4.78 is 2.56. The van der Waals surface area contributed by atoms with Crippen molar-refractivity contribution in [3.8, 4) is 0 Å². The van der Waals surface area contributed by atoms with Crippen molar-refractivity contribution in [3.63, 3.8) is 0 Å². The first-order valence-corrected chi connectivity index (χ1v) is 5.83. The zero-order valence-corrected chi connectivity index (χ0v) is 11.2. The van der Waals surface area contributed by atoms with E-state index in [9.17, 15) is 9.59 Å². The first kappa shape index (κ1) is 13.7. The van der Waals surface area contributed by atoms with Crippen LogP contribution in [-0.4, -0.2) is 15.2 Å². The van der Waals surface area contributed by atoms with Crippen LogP contribution in [0.1, 0.15) is 26.3 Å². The van der Waals surface area contributed by atoms with Crippen LogP contribution in [0.15, 0.2) is 15.8 Å². The molecule has 0 spiro atoms. The van der Waals surface area contributed by atoms with Gasteiger partial charge in [-0.05, 0) is 12.8 Å². The first-order valence-electron chi connectivity index (χ1n) is 5.83. The average molecular weight is 239 g/mol. The highest BCUT2D eigenvalue weighted by atomic mass is 16.2. The van der Waals surface area contributed by atoms with Gasteiger partial charge in [0.15, 0.2) is 0 Å². The van der Waals surface area contributed by atoms with E-state index >= 15 is 0 Å². The smallest absolute Gasteiger partial charge is 0.310 e. The average Bonchev–Trinajstić information content (AvgIpc) is 2.28. The molecule has 0 aliphatic rings. The predicted molar refractivity (Wildman–Crippen MR) is 68.1 cm³/mol. The Hall–Kier alpha value is -1.36. The molecule has 5 nitrogen and oxygen atoms in total. The number of aryl methyl sites for hydroxylation is 1. The van der Waals surface area contributed by atoms with Gasteiger partial charge < -0.3 is 9.88 Å². The molecule has 5 heteroatoms. The Morgan fingerprint density at radius 1 is 1.24 bits per heavy atom. The summed E-state index contributed by atoms with van der Waals surface area (Å²) in [5.74, 6) is 0.506. The monoisotopic (exact) mass is 239 g/mol. The summed E-state index contributed by atoms with van der Waals surface area (Å²) in [6, 6.07) is 0.331. The molecule has 1 aromatic rings. The largest absolute Gasteiger partial charge is 0.330 e. The van der Waals surface area contributed by atoms with Crippen molar-refractivity contribution in [2.24, 2.45) is 20.0 Å². The summed E-state index contributed by atoms with van der Waals surface area (Å²) in [5, 5.41) is 3.28. The van der Waals surface area contributed by atoms with Crippen LogP contribution in [0.25, 0.3) is 0 Å². The molecule has 1 heterocycles. The third-order valence-corrected chi connectivity index (χ3v) is 3.13. The van der Waals surface area contributed by atoms with E-state index in [0.29, 0.717) is 24.1 Å². The van der Waals surface area contributed by atoms with Crippen molar-refractivity contribution in [1.29, 1.82) is 0 Å². The molecule has 0 saturated carbocycles. The fraction of sp³-hybridized carbons (Fsp3) is 0.667. The number of hydrogen-bond donors (Lipinski definition) is 1. The van der Waals surface area contributed by atoms with Gasteiger partial charge in [0.25, 0.3) is 5.56 Å². The number of hydrogen-bond acceptors (Lipinski definition) is 3. The molecule has 17 heavy (non-hydrogen) atoms. The summed E-state index contributed by atoms with van der Waals surface area (Å²) in [4.78, 5) is 23.3. The van der Waals surface area contributed by atoms with Gasteiger partial charge in [0, 0.05) is 38.4 Å². The van der Waals surface area contributed by atoms with E-state index < -0.39 is 0 Å². The summed E-state index contributed by atoms with van der Waals surface area (Å²) in [6.07, 6.45) is 1.60. The van der Waals surface area contributed by atoms with E-state index in [2.05, 4.69) is 26.1 Å². The topological polar surface area (TPSA) is 56.0 Å².